The minimum absolute atomic E-state index is 0.0419. The van der Waals surface area contributed by atoms with Gasteiger partial charge in [-0.05, 0) is 42.9 Å². The fraction of sp³-hybridized carbons (Fsp3) is 0.529. The fourth-order valence-corrected chi connectivity index (χ4v) is 3.23. The van der Waals surface area contributed by atoms with E-state index in [2.05, 4.69) is 11.4 Å². The number of carbonyl (C=O) groups is 2. The quantitative estimate of drug-likeness (QED) is 0.863. The number of carboxylic acids is 1. The van der Waals surface area contributed by atoms with E-state index in [1.807, 2.05) is 18.2 Å². The highest BCUT2D eigenvalue weighted by atomic mass is 35.5. The molecule has 0 aromatic heterocycles. The maximum atomic E-state index is 12.1. The summed E-state index contributed by atoms with van der Waals surface area (Å²) in [7, 11) is 1.62. The number of aliphatic carboxylic acids is 1. The van der Waals surface area contributed by atoms with Gasteiger partial charge in [-0.2, -0.15) is 0 Å². The van der Waals surface area contributed by atoms with Gasteiger partial charge in [0.1, 0.15) is 0 Å². The van der Waals surface area contributed by atoms with E-state index < -0.39 is 5.97 Å². The number of carboxylic acid groups (broad SMARTS) is 1. The molecule has 1 aromatic carbocycles. The van der Waals surface area contributed by atoms with Crippen molar-refractivity contribution in [2.45, 2.75) is 44.1 Å². The third-order valence-corrected chi connectivity index (χ3v) is 4.56. The minimum atomic E-state index is -0.900. The van der Waals surface area contributed by atoms with E-state index in [-0.39, 0.29) is 25.0 Å². The first kappa shape index (κ1) is 17.6. The Morgan fingerprint density at radius 2 is 2.17 bits per heavy atom. The highest BCUT2D eigenvalue weighted by molar-refractivity contribution is 6.30. The molecule has 1 aliphatic carbocycles. The number of benzene rings is 1. The fourth-order valence-electron chi connectivity index (χ4n) is 3.03. The molecule has 2 amide bonds. The van der Waals surface area contributed by atoms with Crippen molar-refractivity contribution in [2.75, 3.05) is 13.6 Å². The molecule has 1 aliphatic rings. The van der Waals surface area contributed by atoms with Crippen LogP contribution >= 0.6 is 11.6 Å². The van der Waals surface area contributed by atoms with E-state index >= 15 is 0 Å². The predicted molar refractivity (Wildman–Crippen MR) is 89.9 cm³/mol. The molecule has 0 spiro atoms. The van der Waals surface area contributed by atoms with Gasteiger partial charge in [-0.15, -0.1) is 0 Å². The molecule has 23 heavy (non-hydrogen) atoms. The zero-order valence-corrected chi connectivity index (χ0v) is 14.1. The van der Waals surface area contributed by atoms with Crippen LogP contribution in [0.4, 0.5) is 4.79 Å². The highest BCUT2D eigenvalue weighted by Crippen LogP contribution is 2.33. The number of halogens is 1. The molecule has 0 heterocycles. The number of carbonyl (C=O) groups excluding carboxylic acids is 1. The Bertz CT molecular complexity index is 565. The molecule has 1 aromatic rings. The maximum absolute atomic E-state index is 12.1. The van der Waals surface area contributed by atoms with Gasteiger partial charge in [-0.25, -0.2) is 4.79 Å². The van der Waals surface area contributed by atoms with E-state index in [1.165, 1.54) is 10.5 Å². The average Bonchev–Trinajstić information content (AvgIpc) is 2.52. The molecule has 2 unspecified atom stereocenters. The van der Waals surface area contributed by atoms with Crippen LogP contribution in [0.2, 0.25) is 5.02 Å². The molecule has 0 radical (unpaired) electrons. The Balaban J connectivity index is 1.88. The van der Waals surface area contributed by atoms with Crippen LogP contribution in [0, 0.1) is 0 Å². The number of rotatable bonds is 5. The number of hydrogen-bond acceptors (Lipinski definition) is 2. The van der Waals surface area contributed by atoms with Gasteiger partial charge in [0, 0.05) is 24.7 Å². The lowest BCUT2D eigenvalue weighted by atomic mass is 9.81. The SMILES string of the molecule is CN(CCC(=O)O)C(=O)NC1CCCC(c2cccc(Cl)c2)C1. The number of nitrogens with one attached hydrogen (secondary N) is 1. The van der Waals surface area contributed by atoms with Gasteiger partial charge in [0.05, 0.1) is 6.42 Å². The summed E-state index contributed by atoms with van der Waals surface area (Å²) >= 11 is 6.06. The van der Waals surface area contributed by atoms with Crippen LogP contribution in [0.25, 0.3) is 0 Å². The number of amides is 2. The summed E-state index contributed by atoms with van der Waals surface area (Å²) in [5.74, 6) is -0.500. The summed E-state index contributed by atoms with van der Waals surface area (Å²) in [6.45, 7) is 0.214. The molecule has 0 bridgehead atoms. The van der Waals surface area contributed by atoms with Gasteiger partial charge in [-0.3, -0.25) is 4.79 Å². The van der Waals surface area contributed by atoms with Gasteiger partial charge in [0.25, 0.3) is 0 Å². The normalized spacial score (nSPS) is 20.8. The summed E-state index contributed by atoms with van der Waals surface area (Å²) < 4.78 is 0. The Morgan fingerprint density at radius 3 is 2.87 bits per heavy atom. The molecule has 2 atom stereocenters. The second-order valence-electron chi connectivity index (χ2n) is 6.13. The number of hydrogen-bond donors (Lipinski definition) is 2. The van der Waals surface area contributed by atoms with Crippen molar-refractivity contribution in [3.63, 3.8) is 0 Å². The first-order valence-corrected chi connectivity index (χ1v) is 8.32. The monoisotopic (exact) mass is 338 g/mol. The molecular weight excluding hydrogens is 316 g/mol. The molecule has 126 valence electrons. The lowest BCUT2D eigenvalue weighted by molar-refractivity contribution is -0.137. The number of urea groups is 1. The molecule has 5 nitrogen and oxygen atoms in total. The minimum Gasteiger partial charge on any atom is -0.481 e. The maximum Gasteiger partial charge on any atom is 0.317 e. The molecule has 1 saturated carbocycles. The molecule has 6 heteroatoms. The third-order valence-electron chi connectivity index (χ3n) is 4.33. The zero-order valence-electron chi connectivity index (χ0n) is 13.3. The topological polar surface area (TPSA) is 69.6 Å². The lowest BCUT2D eigenvalue weighted by Gasteiger charge is -2.31. The van der Waals surface area contributed by atoms with E-state index in [9.17, 15) is 9.59 Å². The molecule has 0 saturated heterocycles. The van der Waals surface area contributed by atoms with Gasteiger partial charge >= 0.3 is 12.0 Å². The largest absolute Gasteiger partial charge is 0.481 e. The Hall–Kier alpha value is -1.75. The summed E-state index contributed by atoms with van der Waals surface area (Å²) in [5.41, 5.74) is 1.22. The Kier molecular flexibility index (Phi) is 6.28. The van der Waals surface area contributed by atoms with Crippen molar-refractivity contribution < 1.29 is 14.7 Å². The van der Waals surface area contributed by atoms with Crippen molar-refractivity contribution in [3.8, 4) is 0 Å². The Morgan fingerprint density at radius 1 is 1.39 bits per heavy atom. The Labute approximate surface area is 141 Å². The second kappa shape index (κ2) is 8.20. The van der Waals surface area contributed by atoms with Crippen LogP contribution < -0.4 is 5.32 Å². The first-order valence-electron chi connectivity index (χ1n) is 7.94. The highest BCUT2D eigenvalue weighted by Gasteiger charge is 2.25. The smallest absolute Gasteiger partial charge is 0.317 e. The van der Waals surface area contributed by atoms with Crippen LogP contribution in [-0.2, 0) is 4.79 Å². The van der Waals surface area contributed by atoms with Crippen molar-refractivity contribution in [1.82, 2.24) is 10.2 Å². The molecular formula is C17H23ClN2O3. The standard InChI is InChI=1S/C17H23ClN2O3/c1-20(9-8-16(21)22)17(23)19-15-7-3-5-13(11-15)12-4-2-6-14(18)10-12/h2,4,6,10,13,15H,3,5,7-9,11H2,1H3,(H,19,23)(H,21,22). The van der Waals surface area contributed by atoms with Crippen LogP contribution in [0.5, 0.6) is 0 Å². The summed E-state index contributed by atoms with van der Waals surface area (Å²) in [4.78, 5) is 24.1. The van der Waals surface area contributed by atoms with Crippen LogP contribution in [-0.4, -0.2) is 41.6 Å². The van der Waals surface area contributed by atoms with Crippen molar-refractivity contribution in [1.29, 1.82) is 0 Å². The lowest BCUT2D eigenvalue weighted by Crippen LogP contribution is -2.45. The third kappa shape index (κ3) is 5.43. The van der Waals surface area contributed by atoms with Crippen LogP contribution in [0.3, 0.4) is 0 Å². The van der Waals surface area contributed by atoms with Crippen molar-refractivity contribution >= 4 is 23.6 Å². The second-order valence-corrected chi connectivity index (χ2v) is 6.57. The van der Waals surface area contributed by atoms with E-state index in [1.54, 1.807) is 7.05 Å². The van der Waals surface area contributed by atoms with Crippen molar-refractivity contribution in [2.24, 2.45) is 0 Å². The van der Waals surface area contributed by atoms with Gasteiger partial charge in [0.2, 0.25) is 0 Å². The van der Waals surface area contributed by atoms with Crippen molar-refractivity contribution in [3.05, 3.63) is 34.9 Å². The number of nitrogens with zero attached hydrogens (tertiary/aromatic N) is 1. The summed E-state index contributed by atoms with van der Waals surface area (Å²) in [6, 6.07) is 7.81. The summed E-state index contributed by atoms with van der Waals surface area (Å²) in [5, 5.41) is 12.4. The van der Waals surface area contributed by atoms with Crippen LogP contribution in [0.15, 0.2) is 24.3 Å². The molecule has 2 N–H and O–H groups in total. The molecule has 1 fully saturated rings. The van der Waals surface area contributed by atoms with E-state index in [0.717, 1.165) is 30.7 Å². The van der Waals surface area contributed by atoms with E-state index in [4.69, 9.17) is 16.7 Å². The zero-order chi connectivity index (χ0) is 16.8. The van der Waals surface area contributed by atoms with Gasteiger partial charge in [0.15, 0.2) is 0 Å². The average molecular weight is 339 g/mol. The summed E-state index contributed by atoms with van der Waals surface area (Å²) in [6.07, 6.45) is 3.96. The predicted octanol–water partition coefficient (Wildman–Crippen LogP) is 3.48. The first-order chi connectivity index (χ1) is 11.0. The van der Waals surface area contributed by atoms with E-state index in [0.29, 0.717) is 5.92 Å². The molecule has 0 aliphatic heterocycles. The van der Waals surface area contributed by atoms with Gasteiger partial charge in [-0.1, -0.05) is 30.2 Å². The van der Waals surface area contributed by atoms with Gasteiger partial charge < -0.3 is 15.3 Å². The van der Waals surface area contributed by atoms with Crippen LogP contribution in [0.1, 0.15) is 43.6 Å². The molecule has 2 rings (SSSR count).